The third-order valence-electron chi connectivity index (χ3n) is 1.59. The van der Waals surface area contributed by atoms with E-state index in [1.165, 1.54) is 7.11 Å². The lowest BCUT2D eigenvalue weighted by molar-refractivity contribution is -0.140. The van der Waals surface area contributed by atoms with Gasteiger partial charge >= 0.3 is 5.97 Å². The van der Waals surface area contributed by atoms with Crippen LogP contribution in [0.5, 0.6) is 0 Å². The molecule has 0 saturated heterocycles. The maximum Gasteiger partial charge on any atom is 0.305 e. The summed E-state index contributed by atoms with van der Waals surface area (Å²) in [6, 6.07) is 0. The number of carbonyl (C=O) groups excluding carboxylic acids is 2. The number of carbonyl (C=O) groups is 2. The predicted octanol–water partition coefficient (Wildman–Crippen LogP) is 1.70. The maximum absolute atomic E-state index is 11.0. The van der Waals surface area contributed by atoms with Gasteiger partial charge in [-0.2, -0.15) is 0 Å². The second-order valence-electron chi connectivity index (χ2n) is 2.72. The number of ether oxygens (including phenoxy) is 1. The fraction of sp³-hybridized carbons (Fsp3) is 0.778. The Morgan fingerprint density at radius 2 is 1.83 bits per heavy atom. The van der Waals surface area contributed by atoms with Gasteiger partial charge < -0.3 is 4.74 Å². The van der Waals surface area contributed by atoms with E-state index in [1.807, 2.05) is 6.92 Å². The molecule has 0 amide bonds. The summed E-state index contributed by atoms with van der Waals surface area (Å²) in [5.41, 5.74) is 0. The van der Waals surface area contributed by atoms with Crippen molar-refractivity contribution in [2.45, 2.75) is 39.0 Å². The Morgan fingerprint density at radius 1 is 1.17 bits per heavy atom. The molecule has 0 unspecified atom stereocenters. The van der Waals surface area contributed by atoms with Crippen LogP contribution < -0.4 is 0 Å². The standard InChI is InChI=1S/C9H16O3/c1-3-5-8(10)6-4-7-9(11)12-2/h3-7H2,1-2H3. The van der Waals surface area contributed by atoms with Gasteiger partial charge in [0.2, 0.25) is 0 Å². The van der Waals surface area contributed by atoms with E-state index in [9.17, 15) is 9.59 Å². The van der Waals surface area contributed by atoms with Gasteiger partial charge in [0.05, 0.1) is 7.11 Å². The molecule has 0 rings (SSSR count). The molecular weight excluding hydrogens is 156 g/mol. The van der Waals surface area contributed by atoms with Crippen LogP contribution in [0.3, 0.4) is 0 Å². The van der Waals surface area contributed by atoms with Crippen LogP contribution in [-0.4, -0.2) is 18.9 Å². The summed E-state index contributed by atoms with van der Waals surface area (Å²) < 4.78 is 4.44. The summed E-state index contributed by atoms with van der Waals surface area (Å²) in [7, 11) is 1.36. The van der Waals surface area contributed by atoms with Crippen LogP contribution in [0.1, 0.15) is 39.0 Å². The third kappa shape index (κ3) is 5.89. The molecule has 0 atom stereocenters. The van der Waals surface area contributed by atoms with Crippen molar-refractivity contribution >= 4 is 11.8 Å². The van der Waals surface area contributed by atoms with Gasteiger partial charge in [0.25, 0.3) is 0 Å². The van der Waals surface area contributed by atoms with Crippen LogP contribution in [0, 0.1) is 0 Å². The number of esters is 1. The second-order valence-corrected chi connectivity index (χ2v) is 2.72. The molecule has 0 aromatic heterocycles. The van der Waals surface area contributed by atoms with Gasteiger partial charge in [-0.1, -0.05) is 6.92 Å². The van der Waals surface area contributed by atoms with Crippen LogP contribution >= 0.6 is 0 Å². The van der Waals surface area contributed by atoms with Crippen molar-refractivity contribution in [3.05, 3.63) is 0 Å². The van der Waals surface area contributed by atoms with E-state index < -0.39 is 0 Å². The van der Waals surface area contributed by atoms with Crippen molar-refractivity contribution in [2.24, 2.45) is 0 Å². The van der Waals surface area contributed by atoms with Gasteiger partial charge in [-0.15, -0.1) is 0 Å². The Bertz CT molecular complexity index is 152. The van der Waals surface area contributed by atoms with E-state index >= 15 is 0 Å². The number of methoxy groups -OCH3 is 1. The molecule has 3 nitrogen and oxygen atoms in total. The topological polar surface area (TPSA) is 43.4 Å². The molecule has 0 heterocycles. The molecule has 0 aliphatic carbocycles. The number of hydrogen-bond acceptors (Lipinski definition) is 3. The molecule has 0 saturated carbocycles. The van der Waals surface area contributed by atoms with Crippen molar-refractivity contribution in [1.29, 1.82) is 0 Å². The summed E-state index contributed by atoms with van der Waals surface area (Å²) >= 11 is 0. The van der Waals surface area contributed by atoms with Crippen LogP contribution in [-0.2, 0) is 14.3 Å². The lowest BCUT2D eigenvalue weighted by Gasteiger charge is -1.98. The van der Waals surface area contributed by atoms with E-state index in [1.54, 1.807) is 0 Å². The molecule has 0 N–H and O–H groups in total. The Labute approximate surface area is 73.1 Å². The molecule has 0 fully saturated rings. The zero-order valence-electron chi connectivity index (χ0n) is 7.76. The first-order valence-corrected chi connectivity index (χ1v) is 4.29. The van der Waals surface area contributed by atoms with Gasteiger partial charge in [-0.25, -0.2) is 0 Å². The lowest BCUT2D eigenvalue weighted by Crippen LogP contribution is -2.02. The highest BCUT2D eigenvalue weighted by atomic mass is 16.5. The largest absolute Gasteiger partial charge is 0.469 e. The minimum absolute atomic E-state index is 0.237. The molecule has 0 radical (unpaired) electrons. The molecular formula is C9H16O3. The molecule has 70 valence electrons. The summed E-state index contributed by atoms with van der Waals surface area (Å²) in [6.07, 6.45) is 2.98. The zero-order chi connectivity index (χ0) is 9.40. The minimum Gasteiger partial charge on any atom is -0.469 e. The van der Waals surface area contributed by atoms with Crippen molar-refractivity contribution in [1.82, 2.24) is 0 Å². The Balaban J connectivity index is 3.30. The SMILES string of the molecule is CCCC(=O)CCCC(=O)OC. The maximum atomic E-state index is 11.0. The predicted molar refractivity (Wildman–Crippen MR) is 45.8 cm³/mol. The van der Waals surface area contributed by atoms with E-state index in [4.69, 9.17) is 0 Å². The van der Waals surface area contributed by atoms with Gasteiger partial charge in [0, 0.05) is 19.3 Å². The van der Waals surface area contributed by atoms with Crippen molar-refractivity contribution in [3.8, 4) is 0 Å². The van der Waals surface area contributed by atoms with Gasteiger partial charge in [-0.05, 0) is 12.8 Å². The fourth-order valence-electron chi connectivity index (χ4n) is 0.936. The molecule has 12 heavy (non-hydrogen) atoms. The van der Waals surface area contributed by atoms with Crippen LogP contribution in [0.25, 0.3) is 0 Å². The van der Waals surface area contributed by atoms with Crippen molar-refractivity contribution in [3.63, 3.8) is 0 Å². The van der Waals surface area contributed by atoms with Crippen LogP contribution in [0.2, 0.25) is 0 Å². The second kappa shape index (κ2) is 6.83. The average molecular weight is 172 g/mol. The zero-order valence-corrected chi connectivity index (χ0v) is 7.76. The first kappa shape index (κ1) is 11.1. The molecule has 3 heteroatoms. The fourth-order valence-corrected chi connectivity index (χ4v) is 0.936. The highest BCUT2D eigenvalue weighted by molar-refractivity contribution is 5.79. The Kier molecular flexibility index (Phi) is 6.34. The van der Waals surface area contributed by atoms with E-state index in [-0.39, 0.29) is 11.8 Å². The highest BCUT2D eigenvalue weighted by Crippen LogP contribution is 2.01. The molecule has 0 aliphatic rings. The summed E-state index contributed by atoms with van der Waals surface area (Å²) in [5.74, 6) is 0.000650. The molecule has 0 spiro atoms. The van der Waals surface area contributed by atoms with Gasteiger partial charge in [0.15, 0.2) is 0 Å². The molecule has 0 aromatic carbocycles. The smallest absolute Gasteiger partial charge is 0.305 e. The summed E-state index contributed by atoms with van der Waals surface area (Å²) in [6.45, 7) is 1.97. The quantitative estimate of drug-likeness (QED) is 0.573. The van der Waals surface area contributed by atoms with Gasteiger partial charge in [0.1, 0.15) is 5.78 Å². The Morgan fingerprint density at radius 3 is 2.33 bits per heavy atom. The number of hydrogen-bond donors (Lipinski definition) is 0. The third-order valence-corrected chi connectivity index (χ3v) is 1.59. The number of ketones is 1. The number of Topliss-reactive ketones (excluding diaryl/α,β-unsaturated/α-hetero) is 1. The van der Waals surface area contributed by atoms with Crippen molar-refractivity contribution < 1.29 is 14.3 Å². The van der Waals surface area contributed by atoms with Crippen molar-refractivity contribution in [2.75, 3.05) is 7.11 Å². The summed E-state index contributed by atoms with van der Waals surface area (Å²) in [4.78, 5) is 21.6. The number of rotatable bonds is 6. The first-order chi connectivity index (χ1) is 5.70. The monoisotopic (exact) mass is 172 g/mol. The van der Waals surface area contributed by atoms with Crippen LogP contribution in [0.4, 0.5) is 0 Å². The molecule has 0 bridgehead atoms. The van der Waals surface area contributed by atoms with Crippen LogP contribution in [0.15, 0.2) is 0 Å². The highest BCUT2D eigenvalue weighted by Gasteiger charge is 2.03. The summed E-state index contributed by atoms with van der Waals surface area (Å²) in [5, 5.41) is 0. The first-order valence-electron chi connectivity index (χ1n) is 4.29. The average Bonchev–Trinajstić information content (AvgIpc) is 2.04. The van der Waals surface area contributed by atoms with E-state index in [2.05, 4.69) is 4.74 Å². The van der Waals surface area contributed by atoms with E-state index in [0.717, 1.165) is 6.42 Å². The normalized spacial score (nSPS) is 9.50. The van der Waals surface area contributed by atoms with Gasteiger partial charge in [-0.3, -0.25) is 9.59 Å². The molecule has 0 aromatic rings. The lowest BCUT2D eigenvalue weighted by atomic mass is 10.1. The minimum atomic E-state index is -0.237. The van der Waals surface area contributed by atoms with E-state index in [0.29, 0.717) is 25.7 Å². The Hall–Kier alpha value is -0.860. The molecule has 0 aliphatic heterocycles.